The molecule has 1 atom stereocenters. The van der Waals surface area contributed by atoms with E-state index in [0.29, 0.717) is 24.4 Å². The van der Waals surface area contributed by atoms with Gasteiger partial charge in [-0.3, -0.25) is 4.79 Å². The Morgan fingerprint density at radius 1 is 1.09 bits per heavy atom. The largest absolute Gasteiger partial charge is 0.476 e. The van der Waals surface area contributed by atoms with Crippen LogP contribution in [0.5, 0.6) is 0 Å². The Kier molecular flexibility index (Phi) is 7.77. The molecule has 0 aliphatic heterocycles. The van der Waals surface area contributed by atoms with Crippen molar-refractivity contribution in [2.24, 2.45) is 0 Å². The first-order valence-electron chi connectivity index (χ1n) is 11.5. The molecule has 182 valence electrons. The molecule has 35 heavy (non-hydrogen) atoms. The van der Waals surface area contributed by atoms with E-state index in [-0.39, 0.29) is 36.6 Å². The van der Waals surface area contributed by atoms with Crippen LogP contribution in [-0.2, 0) is 16.0 Å². The number of carbonyl (C=O) groups excluding carboxylic acids is 2. The van der Waals surface area contributed by atoms with Gasteiger partial charge in [-0.2, -0.15) is 0 Å². The van der Waals surface area contributed by atoms with Crippen LogP contribution in [0, 0.1) is 0 Å². The lowest BCUT2D eigenvalue weighted by Gasteiger charge is -2.17. The highest BCUT2D eigenvalue weighted by Gasteiger charge is 2.29. The summed E-state index contributed by atoms with van der Waals surface area (Å²) in [5.74, 6) is -1.20. The Balaban J connectivity index is 1.17. The quantitative estimate of drug-likeness (QED) is 0.390. The number of thiazole rings is 1. The van der Waals surface area contributed by atoms with Crippen molar-refractivity contribution in [2.45, 2.75) is 38.1 Å². The molecule has 1 unspecified atom stereocenters. The molecule has 1 heterocycles. The number of fused-ring (bicyclic) bond motifs is 3. The van der Waals surface area contributed by atoms with Crippen LogP contribution in [0.15, 0.2) is 53.9 Å². The Labute approximate surface area is 207 Å². The first kappa shape index (κ1) is 24.4. The number of benzene rings is 2. The second-order valence-electron chi connectivity index (χ2n) is 8.44. The summed E-state index contributed by atoms with van der Waals surface area (Å²) in [6.07, 6.45) is 0.689. The standard InChI is InChI=1S/C26H27N3O5S/c1-16(10-11-23(30)27-13-12-24-29-22(15-35-24)25(31)32)28-26(33)34-14-21-19-8-4-2-6-17(19)18-7-3-5-9-20(18)21/h2-9,15-16,21H,10-14H2,1H3,(H,27,30)(H,28,33)(H,31,32). The highest BCUT2D eigenvalue weighted by atomic mass is 32.1. The molecule has 8 nitrogen and oxygen atoms in total. The molecule has 0 bridgehead atoms. The maximum atomic E-state index is 12.4. The molecular weight excluding hydrogens is 466 g/mol. The second-order valence-corrected chi connectivity index (χ2v) is 9.38. The van der Waals surface area contributed by atoms with Crippen molar-refractivity contribution < 1.29 is 24.2 Å². The van der Waals surface area contributed by atoms with Crippen molar-refractivity contribution in [2.75, 3.05) is 13.2 Å². The van der Waals surface area contributed by atoms with E-state index in [4.69, 9.17) is 9.84 Å². The molecule has 1 aliphatic carbocycles. The number of carboxylic acids is 1. The van der Waals surface area contributed by atoms with E-state index in [9.17, 15) is 14.4 Å². The molecule has 0 radical (unpaired) electrons. The molecule has 0 fully saturated rings. The molecule has 1 aliphatic rings. The Morgan fingerprint density at radius 3 is 2.37 bits per heavy atom. The highest BCUT2D eigenvalue weighted by Crippen LogP contribution is 2.44. The second kappa shape index (κ2) is 11.1. The van der Waals surface area contributed by atoms with Crippen molar-refractivity contribution in [1.82, 2.24) is 15.6 Å². The zero-order chi connectivity index (χ0) is 24.8. The number of ether oxygens (including phenoxy) is 1. The molecule has 3 N–H and O–H groups in total. The molecule has 3 aromatic rings. The van der Waals surface area contributed by atoms with E-state index < -0.39 is 12.1 Å². The lowest BCUT2D eigenvalue weighted by Crippen LogP contribution is -2.35. The Hall–Kier alpha value is -3.72. The van der Waals surface area contributed by atoms with Crippen LogP contribution in [0.2, 0.25) is 0 Å². The average Bonchev–Trinajstić information content (AvgIpc) is 3.45. The number of aromatic carboxylic acids is 1. The number of rotatable bonds is 10. The normalized spacial score (nSPS) is 12.9. The average molecular weight is 494 g/mol. The summed E-state index contributed by atoms with van der Waals surface area (Å²) >= 11 is 1.26. The third-order valence-corrected chi connectivity index (χ3v) is 6.85. The summed E-state index contributed by atoms with van der Waals surface area (Å²) in [7, 11) is 0. The summed E-state index contributed by atoms with van der Waals surface area (Å²) in [6, 6.07) is 16.1. The van der Waals surface area contributed by atoms with Crippen molar-refractivity contribution in [3.63, 3.8) is 0 Å². The van der Waals surface area contributed by atoms with Gasteiger partial charge in [-0.1, -0.05) is 48.5 Å². The minimum atomic E-state index is -1.06. The summed E-state index contributed by atoms with van der Waals surface area (Å²) in [5, 5.41) is 16.6. The number of hydrogen-bond donors (Lipinski definition) is 3. The van der Waals surface area contributed by atoms with Crippen molar-refractivity contribution in [3.05, 3.63) is 75.7 Å². The highest BCUT2D eigenvalue weighted by molar-refractivity contribution is 7.09. The van der Waals surface area contributed by atoms with Gasteiger partial charge in [-0.05, 0) is 35.6 Å². The van der Waals surface area contributed by atoms with E-state index >= 15 is 0 Å². The zero-order valence-corrected chi connectivity index (χ0v) is 20.1. The Morgan fingerprint density at radius 2 is 1.74 bits per heavy atom. The van der Waals surface area contributed by atoms with Crippen LogP contribution in [0.3, 0.4) is 0 Å². The number of nitrogens with zero attached hydrogens (tertiary/aromatic N) is 1. The topological polar surface area (TPSA) is 118 Å². The minimum absolute atomic E-state index is 0.00125. The van der Waals surface area contributed by atoms with Crippen LogP contribution < -0.4 is 10.6 Å². The van der Waals surface area contributed by atoms with Gasteiger partial charge in [0.15, 0.2) is 5.69 Å². The van der Waals surface area contributed by atoms with Crippen LogP contribution in [-0.4, -0.2) is 47.3 Å². The van der Waals surface area contributed by atoms with Crippen LogP contribution in [0.25, 0.3) is 11.1 Å². The van der Waals surface area contributed by atoms with E-state index in [0.717, 1.165) is 11.1 Å². The number of aromatic nitrogens is 1. The minimum Gasteiger partial charge on any atom is -0.476 e. The number of carbonyl (C=O) groups is 3. The fraction of sp³-hybridized carbons (Fsp3) is 0.308. The number of amides is 2. The fourth-order valence-electron chi connectivity index (χ4n) is 4.18. The van der Waals surface area contributed by atoms with E-state index in [1.165, 1.54) is 27.8 Å². The first-order chi connectivity index (χ1) is 16.9. The summed E-state index contributed by atoms with van der Waals surface area (Å²) in [6.45, 7) is 2.45. The van der Waals surface area contributed by atoms with Crippen molar-refractivity contribution >= 4 is 29.3 Å². The van der Waals surface area contributed by atoms with Crippen LogP contribution in [0.1, 0.15) is 52.3 Å². The van der Waals surface area contributed by atoms with Crippen molar-refractivity contribution in [3.8, 4) is 11.1 Å². The maximum absolute atomic E-state index is 12.4. The number of alkyl carbamates (subject to hydrolysis) is 1. The van der Waals surface area contributed by atoms with Gasteiger partial charge >= 0.3 is 12.1 Å². The fourth-order valence-corrected chi connectivity index (χ4v) is 4.95. The molecule has 9 heteroatoms. The van der Waals surface area contributed by atoms with Crippen LogP contribution >= 0.6 is 11.3 Å². The lowest BCUT2D eigenvalue weighted by atomic mass is 9.98. The molecule has 2 amide bonds. The third-order valence-electron chi connectivity index (χ3n) is 5.94. The van der Waals surface area contributed by atoms with Gasteiger partial charge in [0.1, 0.15) is 6.61 Å². The van der Waals surface area contributed by atoms with Gasteiger partial charge in [-0.25, -0.2) is 14.6 Å². The summed E-state index contributed by atoms with van der Waals surface area (Å²) in [5.41, 5.74) is 4.68. The summed E-state index contributed by atoms with van der Waals surface area (Å²) < 4.78 is 5.55. The van der Waals surface area contributed by atoms with Gasteiger partial charge in [0, 0.05) is 36.7 Å². The smallest absolute Gasteiger partial charge is 0.407 e. The monoisotopic (exact) mass is 493 g/mol. The van der Waals surface area contributed by atoms with Gasteiger partial charge < -0.3 is 20.5 Å². The number of carboxylic acid groups (broad SMARTS) is 1. The predicted octanol–water partition coefficient (Wildman–Crippen LogP) is 4.21. The van der Waals surface area contributed by atoms with E-state index in [1.54, 1.807) is 0 Å². The molecule has 0 spiro atoms. The maximum Gasteiger partial charge on any atom is 0.407 e. The predicted molar refractivity (Wildman–Crippen MR) is 133 cm³/mol. The molecule has 0 saturated heterocycles. The molecule has 1 aromatic heterocycles. The van der Waals surface area contributed by atoms with Gasteiger partial charge in [0.2, 0.25) is 5.91 Å². The molecular formula is C26H27N3O5S. The SMILES string of the molecule is CC(CCC(=O)NCCc1nc(C(=O)O)cs1)NC(=O)OCC1c2ccccc2-c2ccccc21. The molecule has 0 saturated carbocycles. The van der Waals surface area contributed by atoms with Crippen LogP contribution in [0.4, 0.5) is 4.79 Å². The van der Waals surface area contributed by atoms with Gasteiger partial charge in [-0.15, -0.1) is 11.3 Å². The number of hydrogen-bond acceptors (Lipinski definition) is 6. The molecule has 2 aromatic carbocycles. The van der Waals surface area contributed by atoms with Gasteiger partial charge in [0.05, 0.1) is 5.01 Å². The first-order valence-corrected chi connectivity index (χ1v) is 12.4. The van der Waals surface area contributed by atoms with E-state index in [1.807, 2.05) is 31.2 Å². The summed E-state index contributed by atoms with van der Waals surface area (Å²) in [4.78, 5) is 39.3. The van der Waals surface area contributed by atoms with Gasteiger partial charge in [0.25, 0.3) is 0 Å². The zero-order valence-electron chi connectivity index (χ0n) is 19.3. The van der Waals surface area contributed by atoms with Crippen molar-refractivity contribution in [1.29, 1.82) is 0 Å². The number of nitrogens with one attached hydrogen (secondary N) is 2. The molecule has 4 rings (SSSR count). The van der Waals surface area contributed by atoms with E-state index in [2.05, 4.69) is 39.9 Å². The Bertz CT molecular complexity index is 1180. The third kappa shape index (κ3) is 6.05. The lowest BCUT2D eigenvalue weighted by molar-refractivity contribution is -0.121.